The van der Waals surface area contributed by atoms with Gasteiger partial charge in [-0.15, -0.1) is 0 Å². The van der Waals surface area contributed by atoms with Gasteiger partial charge in [0.1, 0.15) is 17.3 Å². The van der Waals surface area contributed by atoms with E-state index in [-0.39, 0.29) is 23.7 Å². The van der Waals surface area contributed by atoms with Crippen molar-refractivity contribution in [3.63, 3.8) is 0 Å². The minimum absolute atomic E-state index is 0.0311. The van der Waals surface area contributed by atoms with E-state index in [9.17, 15) is 9.18 Å². The highest BCUT2D eigenvalue weighted by molar-refractivity contribution is 6.09. The molecule has 2 atom stereocenters. The van der Waals surface area contributed by atoms with Crippen LogP contribution < -0.4 is 5.73 Å². The first kappa shape index (κ1) is 27.2. The molecule has 2 aromatic carbocycles. The lowest BCUT2D eigenvalue weighted by Gasteiger charge is -2.44. The van der Waals surface area contributed by atoms with E-state index in [4.69, 9.17) is 10.8 Å². The molecule has 0 aromatic heterocycles. The van der Waals surface area contributed by atoms with Crippen LogP contribution in [-0.4, -0.2) is 47.0 Å². The van der Waals surface area contributed by atoms with Crippen molar-refractivity contribution in [3.05, 3.63) is 82.1 Å². The predicted molar refractivity (Wildman–Crippen MR) is 138 cm³/mol. The number of benzene rings is 2. The van der Waals surface area contributed by atoms with Gasteiger partial charge in [-0.2, -0.15) is 0 Å². The molecule has 2 aromatic rings. The standard InChI is InChI=1S/C28H32F3N3O2/c1-5-33-15-21(14-32)19-7-8-22-20(13-19)10-17(2)34(16-28(3,4)31)27(22)26-23(29)11-18(12-24(26)30)6-9-25(35)36/h6-9,11-15,17,27H,5,10,16,32H2,1-4H3,(H,35,36)/b9-6+,21-14?,33-15?. The van der Waals surface area contributed by atoms with Crippen molar-refractivity contribution in [3.8, 4) is 0 Å². The monoisotopic (exact) mass is 499 g/mol. The third-order valence-electron chi connectivity index (χ3n) is 6.13. The number of aliphatic carboxylic acids is 1. The molecule has 0 saturated heterocycles. The number of hydrogen-bond donors (Lipinski definition) is 2. The van der Waals surface area contributed by atoms with E-state index in [0.29, 0.717) is 18.5 Å². The van der Waals surface area contributed by atoms with Crippen LogP contribution in [0.5, 0.6) is 0 Å². The van der Waals surface area contributed by atoms with Gasteiger partial charge in [0.25, 0.3) is 0 Å². The van der Waals surface area contributed by atoms with Gasteiger partial charge in [-0.3, -0.25) is 9.89 Å². The Morgan fingerprint density at radius 3 is 2.47 bits per heavy atom. The van der Waals surface area contributed by atoms with Crippen molar-refractivity contribution in [1.82, 2.24) is 4.90 Å². The quantitative estimate of drug-likeness (QED) is 0.369. The van der Waals surface area contributed by atoms with Crippen LogP contribution in [0.3, 0.4) is 0 Å². The van der Waals surface area contributed by atoms with Crippen LogP contribution in [0, 0.1) is 11.6 Å². The normalized spacial score (nSPS) is 19.2. The number of carbonyl (C=O) groups is 1. The SMILES string of the molecule is CCN=CC(=CN)c1ccc2c(c1)CC(C)N(CC(C)(C)F)C2c1c(F)cc(/C=C/C(=O)O)cc1F. The van der Waals surface area contributed by atoms with Crippen molar-refractivity contribution in [2.45, 2.75) is 51.9 Å². The lowest BCUT2D eigenvalue weighted by Crippen LogP contribution is -2.48. The van der Waals surface area contributed by atoms with E-state index >= 15 is 8.78 Å². The lowest BCUT2D eigenvalue weighted by molar-refractivity contribution is -0.131. The van der Waals surface area contributed by atoms with Gasteiger partial charge in [0.2, 0.25) is 0 Å². The molecule has 0 amide bonds. The highest BCUT2D eigenvalue weighted by Crippen LogP contribution is 2.42. The molecule has 192 valence electrons. The summed E-state index contributed by atoms with van der Waals surface area (Å²) < 4.78 is 45.8. The number of carboxylic acid groups (broad SMARTS) is 1. The zero-order chi connectivity index (χ0) is 26.6. The Morgan fingerprint density at radius 2 is 1.92 bits per heavy atom. The second-order valence-corrected chi connectivity index (χ2v) is 9.58. The molecule has 8 heteroatoms. The maximum atomic E-state index is 15.5. The van der Waals surface area contributed by atoms with Gasteiger partial charge in [-0.25, -0.2) is 18.0 Å². The highest BCUT2D eigenvalue weighted by atomic mass is 19.1. The molecule has 3 N–H and O–H groups in total. The first-order chi connectivity index (χ1) is 16.9. The van der Waals surface area contributed by atoms with Crippen LogP contribution in [0.4, 0.5) is 13.2 Å². The van der Waals surface area contributed by atoms with Crippen LogP contribution >= 0.6 is 0 Å². The third kappa shape index (κ3) is 6.23. The molecular formula is C28H32F3N3O2. The molecule has 0 spiro atoms. The van der Waals surface area contributed by atoms with Gasteiger partial charge in [0.05, 0.1) is 6.04 Å². The largest absolute Gasteiger partial charge is 0.478 e. The molecule has 0 bridgehead atoms. The Hall–Kier alpha value is -3.39. The van der Waals surface area contributed by atoms with Crippen LogP contribution in [0.1, 0.15) is 61.6 Å². The molecule has 0 saturated carbocycles. The summed E-state index contributed by atoms with van der Waals surface area (Å²) in [6.07, 6.45) is 5.65. The molecule has 0 aliphatic carbocycles. The summed E-state index contributed by atoms with van der Waals surface area (Å²) in [5.74, 6) is -2.88. The average molecular weight is 500 g/mol. The topological polar surface area (TPSA) is 78.9 Å². The zero-order valence-corrected chi connectivity index (χ0v) is 20.9. The second kappa shape index (κ2) is 11.1. The molecule has 2 unspecified atom stereocenters. The van der Waals surface area contributed by atoms with Gasteiger partial charge in [-0.05, 0) is 74.6 Å². The van der Waals surface area contributed by atoms with Crippen molar-refractivity contribution < 1.29 is 23.1 Å². The number of halogens is 3. The maximum absolute atomic E-state index is 15.5. The number of fused-ring (bicyclic) bond motifs is 1. The number of alkyl halides is 1. The number of nitrogens with zero attached hydrogens (tertiary/aromatic N) is 2. The van der Waals surface area contributed by atoms with E-state index in [1.807, 2.05) is 26.0 Å². The summed E-state index contributed by atoms with van der Waals surface area (Å²) in [6.45, 7) is 7.27. The number of nitrogens with two attached hydrogens (primary N) is 1. The Labute approximate surface area is 209 Å². The van der Waals surface area contributed by atoms with E-state index in [1.54, 1.807) is 17.2 Å². The number of allylic oxidation sites excluding steroid dienone is 1. The third-order valence-corrected chi connectivity index (χ3v) is 6.13. The Kier molecular flexibility index (Phi) is 8.40. The molecule has 3 rings (SSSR count). The lowest BCUT2D eigenvalue weighted by atomic mass is 9.82. The Morgan fingerprint density at radius 1 is 1.25 bits per heavy atom. The first-order valence-corrected chi connectivity index (χ1v) is 11.8. The second-order valence-electron chi connectivity index (χ2n) is 9.58. The molecule has 0 radical (unpaired) electrons. The fourth-order valence-corrected chi connectivity index (χ4v) is 4.63. The predicted octanol–water partition coefficient (Wildman–Crippen LogP) is 5.54. The Balaban J connectivity index is 2.18. The first-order valence-electron chi connectivity index (χ1n) is 11.8. The summed E-state index contributed by atoms with van der Waals surface area (Å²) in [5, 5.41) is 8.84. The van der Waals surface area contributed by atoms with Crippen LogP contribution in [0.15, 0.2) is 47.6 Å². The molecule has 1 aliphatic rings. The van der Waals surface area contributed by atoms with Gasteiger partial charge >= 0.3 is 5.97 Å². The van der Waals surface area contributed by atoms with E-state index < -0.39 is 29.3 Å². The van der Waals surface area contributed by atoms with Gasteiger partial charge in [0, 0.05) is 48.8 Å². The van der Waals surface area contributed by atoms with Gasteiger partial charge in [-0.1, -0.05) is 18.2 Å². The zero-order valence-electron chi connectivity index (χ0n) is 20.9. The van der Waals surface area contributed by atoms with Crippen LogP contribution in [0.2, 0.25) is 0 Å². The van der Waals surface area contributed by atoms with Crippen LogP contribution in [0.25, 0.3) is 11.6 Å². The van der Waals surface area contributed by atoms with Crippen molar-refractivity contribution in [1.29, 1.82) is 0 Å². The number of rotatable bonds is 8. The van der Waals surface area contributed by atoms with Gasteiger partial charge in [0.15, 0.2) is 0 Å². The average Bonchev–Trinajstić information content (AvgIpc) is 2.78. The van der Waals surface area contributed by atoms with Crippen molar-refractivity contribution in [2.75, 3.05) is 13.1 Å². The minimum Gasteiger partial charge on any atom is -0.478 e. The minimum atomic E-state index is -1.60. The Bertz CT molecular complexity index is 1190. The molecule has 1 aliphatic heterocycles. The van der Waals surface area contributed by atoms with E-state index in [1.165, 1.54) is 20.0 Å². The highest BCUT2D eigenvalue weighted by Gasteiger charge is 2.39. The number of aliphatic imine (C=N–C) groups is 1. The van der Waals surface area contributed by atoms with Crippen molar-refractivity contribution in [2.24, 2.45) is 10.7 Å². The maximum Gasteiger partial charge on any atom is 0.328 e. The molecule has 36 heavy (non-hydrogen) atoms. The summed E-state index contributed by atoms with van der Waals surface area (Å²) in [6, 6.07) is 6.67. The summed E-state index contributed by atoms with van der Waals surface area (Å²) >= 11 is 0. The van der Waals surface area contributed by atoms with Crippen LogP contribution in [-0.2, 0) is 11.2 Å². The summed E-state index contributed by atoms with van der Waals surface area (Å²) in [5.41, 5.74) is 7.21. The fourth-order valence-electron chi connectivity index (χ4n) is 4.63. The smallest absolute Gasteiger partial charge is 0.328 e. The fraction of sp³-hybridized carbons (Fsp3) is 0.357. The number of carboxylic acids is 1. The molecule has 1 heterocycles. The molecule has 5 nitrogen and oxygen atoms in total. The number of hydrogen-bond acceptors (Lipinski definition) is 4. The summed E-state index contributed by atoms with van der Waals surface area (Å²) in [4.78, 5) is 16.9. The van der Waals surface area contributed by atoms with Crippen molar-refractivity contribution >= 4 is 23.8 Å². The molecule has 0 fully saturated rings. The molecular weight excluding hydrogens is 467 g/mol. The summed E-state index contributed by atoms with van der Waals surface area (Å²) in [7, 11) is 0. The van der Waals surface area contributed by atoms with E-state index in [0.717, 1.165) is 41.0 Å². The van der Waals surface area contributed by atoms with E-state index in [2.05, 4.69) is 4.99 Å². The van der Waals surface area contributed by atoms with Gasteiger partial charge < -0.3 is 10.8 Å².